The largest absolute Gasteiger partial charge is 0.494 e. The fourth-order valence-electron chi connectivity index (χ4n) is 4.70. The van der Waals surface area contributed by atoms with Crippen LogP contribution in [0.4, 0.5) is 13.2 Å². The van der Waals surface area contributed by atoms with E-state index in [0.29, 0.717) is 10.6 Å². The number of aromatic nitrogens is 1. The van der Waals surface area contributed by atoms with Gasteiger partial charge in [0.25, 0.3) is 0 Å². The number of fused-ring (bicyclic) bond motifs is 5. The van der Waals surface area contributed by atoms with Crippen molar-refractivity contribution in [1.82, 2.24) is 4.57 Å². The van der Waals surface area contributed by atoms with Gasteiger partial charge in [0.2, 0.25) is 11.8 Å². The van der Waals surface area contributed by atoms with E-state index in [9.17, 15) is 38.4 Å². The van der Waals surface area contributed by atoms with Crippen LogP contribution < -0.4 is 0 Å². The summed E-state index contributed by atoms with van der Waals surface area (Å²) in [7, 11) is 0. The molecule has 0 spiro atoms. The Labute approximate surface area is 167 Å². The van der Waals surface area contributed by atoms with Crippen LogP contribution in [0.1, 0.15) is 36.1 Å². The number of aromatic hydroxyl groups is 2. The van der Waals surface area contributed by atoms with E-state index >= 15 is 0 Å². The van der Waals surface area contributed by atoms with Gasteiger partial charge in [-0.25, -0.2) is 0 Å². The molecule has 30 heavy (non-hydrogen) atoms. The molecule has 2 aromatic rings. The number of benzene rings is 1. The molecule has 1 unspecified atom stereocenters. The molecule has 0 amide bonds. The summed E-state index contributed by atoms with van der Waals surface area (Å²) in [5.41, 5.74) is -5.90. The van der Waals surface area contributed by atoms with Gasteiger partial charge >= 0.3 is 12.1 Å². The van der Waals surface area contributed by atoms with Crippen molar-refractivity contribution in [2.75, 3.05) is 0 Å². The highest BCUT2D eigenvalue weighted by molar-refractivity contribution is 5.77. The molecule has 4 N–H and O–H groups in total. The number of nitrogens with zero attached hydrogens (tertiary/aromatic N) is 2. The van der Waals surface area contributed by atoms with Crippen LogP contribution >= 0.6 is 0 Å². The van der Waals surface area contributed by atoms with Crippen LogP contribution in [0, 0.1) is 17.2 Å². The van der Waals surface area contributed by atoms with E-state index in [1.165, 1.54) is 19.9 Å². The van der Waals surface area contributed by atoms with Crippen LogP contribution in [-0.4, -0.2) is 37.1 Å². The first kappa shape index (κ1) is 20.1. The summed E-state index contributed by atoms with van der Waals surface area (Å²) in [4.78, 5) is 11.7. The van der Waals surface area contributed by atoms with Crippen molar-refractivity contribution in [3.05, 3.63) is 40.5 Å². The summed E-state index contributed by atoms with van der Waals surface area (Å²) in [6.45, 7) is 2.64. The fraction of sp³-hybridized carbons (Fsp3) is 0.368. The van der Waals surface area contributed by atoms with E-state index in [1.807, 2.05) is 0 Å². The lowest BCUT2D eigenvalue weighted by Crippen LogP contribution is -2.44. The van der Waals surface area contributed by atoms with Gasteiger partial charge in [0, 0.05) is 0 Å². The minimum Gasteiger partial charge on any atom is -0.494 e. The van der Waals surface area contributed by atoms with Crippen LogP contribution in [0.2, 0.25) is 0 Å². The number of carboxylic acid groups (broad SMARTS) is 1. The third-order valence-electron chi connectivity index (χ3n) is 5.96. The number of hydrogen-bond donors (Lipinski definition) is 4. The summed E-state index contributed by atoms with van der Waals surface area (Å²) >= 11 is 0. The molecule has 11 heteroatoms. The number of rotatable bonds is 2. The predicted molar refractivity (Wildman–Crippen MR) is 91.7 cm³/mol. The number of aliphatic carboxylic acids is 1. The second-order valence-electron chi connectivity index (χ2n) is 7.65. The molecule has 0 aliphatic carbocycles. The van der Waals surface area contributed by atoms with Crippen LogP contribution in [0.3, 0.4) is 0 Å². The maximum absolute atomic E-state index is 13.3. The molecule has 4 atom stereocenters. The smallest absolute Gasteiger partial charge is 0.417 e. The van der Waals surface area contributed by atoms with Gasteiger partial charge in [0.05, 0.1) is 34.0 Å². The zero-order valence-electron chi connectivity index (χ0n) is 15.5. The van der Waals surface area contributed by atoms with Crippen molar-refractivity contribution in [1.29, 1.82) is 5.26 Å². The number of aliphatic hydroxyl groups is 1. The highest BCUT2D eigenvalue weighted by atomic mass is 19.4. The van der Waals surface area contributed by atoms with E-state index in [4.69, 9.17) is 10.00 Å². The summed E-state index contributed by atoms with van der Waals surface area (Å²) in [6.07, 6.45) is -6.45. The number of carbonyl (C=O) groups is 1. The van der Waals surface area contributed by atoms with Gasteiger partial charge in [0.1, 0.15) is 23.2 Å². The molecule has 0 radical (unpaired) electrons. The number of alkyl halides is 3. The second kappa shape index (κ2) is 5.68. The van der Waals surface area contributed by atoms with Crippen molar-refractivity contribution in [2.24, 2.45) is 5.92 Å². The lowest BCUT2D eigenvalue weighted by atomic mass is 9.71. The molecule has 2 bridgehead atoms. The van der Waals surface area contributed by atoms with E-state index < -0.39 is 58.3 Å². The Balaban J connectivity index is 1.99. The number of aliphatic hydroxyl groups excluding tert-OH is 1. The highest BCUT2D eigenvalue weighted by Crippen LogP contribution is 2.66. The van der Waals surface area contributed by atoms with Gasteiger partial charge in [-0.3, -0.25) is 9.36 Å². The minimum absolute atomic E-state index is 0.106. The van der Waals surface area contributed by atoms with Gasteiger partial charge in [-0.1, -0.05) is 0 Å². The van der Waals surface area contributed by atoms with E-state index in [0.717, 1.165) is 12.1 Å². The second-order valence-corrected chi connectivity index (χ2v) is 7.65. The van der Waals surface area contributed by atoms with Gasteiger partial charge in [-0.05, 0) is 32.0 Å². The Bertz CT molecular complexity index is 1150. The number of carboxylic acids is 1. The van der Waals surface area contributed by atoms with E-state index in [-0.39, 0.29) is 16.8 Å². The molecule has 1 saturated heterocycles. The highest BCUT2D eigenvalue weighted by Gasteiger charge is 2.71. The van der Waals surface area contributed by atoms with E-state index in [1.54, 1.807) is 0 Å². The lowest BCUT2D eigenvalue weighted by Gasteiger charge is -2.30. The van der Waals surface area contributed by atoms with Crippen molar-refractivity contribution in [3.8, 4) is 23.5 Å². The minimum atomic E-state index is -4.87. The zero-order chi connectivity index (χ0) is 22.4. The molecule has 1 fully saturated rings. The van der Waals surface area contributed by atoms with Crippen molar-refractivity contribution in [3.63, 3.8) is 0 Å². The Hall–Kier alpha value is -3.23. The van der Waals surface area contributed by atoms with Crippen LogP contribution in [-0.2, 0) is 26.9 Å². The summed E-state index contributed by atoms with van der Waals surface area (Å²) in [5.74, 6) is -4.30. The number of halogens is 3. The van der Waals surface area contributed by atoms with Crippen molar-refractivity contribution < 1.29 is 43.1 Å². The molecular weight excluding hydrogens is 409 g/mol. The molecule has 1 aromatic heterocycles. The monoisotopic (exact) mass is 424 g/mol. The summed E-state index contributed by atoms with van der Waals surface area (Å²) in [5, 5.41) is 50.6. The molecule has 158 valence electrons. The third kappa shape index (κ3) is 2.20. The number of nitriles is 1. The Kier molecular flexibility index (Phi) is 3.80. The quantitative estimate of drug-likeness (QED) is 0.581. The Morgan fingerprint density at radius 2 is 1.77 bits per heavy atom. The third-order valence-corrected chi connectivity index (χ3v) is 5.96. The first-order chi connectivity index (χ1) is 13.8. The van der Waals surface area contributed by atoms with Crippen LogP contribution in [0.15, 0.2) is 18.2 Å². The molecule has 8 nitrogen and oxygen atoms in total. The van der Waals surface area contributed by atoms with E-state index in [2.05, 4.69) is 0 Å². The average molecular weight is 424 g/mol. The fourth-order valence-corrected chi connectivity index (χ4v) is 4.70. The Morgan fingerprint density at radius 1 is 1.20 bits per heavy atom. The first-order valence-electron chi connectivity index (χ1n) is 8.69. The molecule has 3 heterocycles. The van der Waals surface area contributed by atoms with Crippen LogP contribution in [0.25, 0.3) is 5.69 Å². The van der Waals surface area contributed by atoms with Crippen molar-refractivity contribution >= 4 is 5.97 Å². The van der Waals surface area contributed by atoms with Gasteiger partial charge in [0.15, 0.2) is 0 Å². The zero-order valence-corrected chi connectivity index (χ0v) is 15.5. The molecule has 2 aliphatic heterocycles. The Morgan fingerprint density at radius 3 is 2.27 bits per heavy atom. The molecule has 2 aliphatic rings. The predicted octanol–water partition coefficient (Wildman–Crippen LogP) is 2.31. The lowest BCUT2D eigenvalue weighted by molar-refractivity contribution is -0.150. The molecule has 1 aromatic carbocycles. The SMILES string of the molecule is C[C@]12O[C@](C)(c3c1c(O)n(-c1ccc(C#N)c(C(F)(F)F)c1)c3O)C(O)[C@@H]2C(=O)O. The number of ether oxygens (including phenoxy) is 1. The summed E-state index contributed by atoms with van der Waals surface area (Å²) in [6, 6.07) is 4.02. The summed E-state index contributed by atoms with van der Waals surface area (Å²) < 4.78 is 46.4. The number of hydrogen-bond acceptors (Lipinski definition) is 6. The molecule has 0 saturated carbocycles. The normalized spacial score (nSPS) is 29.6. The maximum atomic E-state index is 13.3. The van der Waals surface area contributed by atoms with Gasteiger partial charge in [-0.15, -0.1) is 0 Å². The van der Waals surface area contributed by atoms with Crippen molar-refractivity contribution in [2.45, 2.75) is 37.3 Å². The first-order valence-corrected chi connectivity index (χ1v) is 8.69. The van der Waals surface area contributed by atoms with Gasteiger partial charge in [-0.2, -0.15) is 18.4 Å². The topological polar surface area (TPSA) is 136 Å². The van der Waals surface area contributed by atoms with Crippen LogP contribution in [0.5, 0.6) is 11.8 Å². The molecular formula is C19H15F3N2O6. The standard InChI is InChI=1S/C19H15F3N2O6/c1-17-10-11(18(2,30-17)13(25)12(17)16(28)29)15(27)24(14(10)26)8-4-3-7(6-23)9(5-8)19(20,21)22/h3-5,12-13,25-27H,1-2H3,(H,28,29)/t12-,13?,17+,18-/m1/s1. The maximum Gasteiger partial charge on any atom is 0.417 e. The van der Waals surface area contributed by atoms with Gasteiger partial charge < -0.3 is 25.2 Å². The molecule has 4 rings (SSSR count). The average Bonchev–Trinajstić information content (AvgIpc) is 3.13.